The molecule has 1 rings (SSSR count). The van der Waals surface area contributed by atoms with Crippen LogP contribution in [0.5, 0.6) is 0 Å². The number of rotatable bonds is 4. The molecule has 0 radical (unpaired) electrons. The minimum Gasteiger partial charge on any atom is -0.482 e. The summed E-state index contributed by atoms with van der Waals surface area (Å²) in [5, 5.41) is 0. The molecule has 0 saturated carbocycles. The molecule has 1 heterocycles. The number of allylic oxidation sites excluding steroid dienone is 1. The zero-order valence-corrected chi connectivity index (χ0v) is 8.99. The molecule has 0 bridgehead atoms. The average Bonchev–Trinajstić information content (AvgIpc) is 2.07. The molecule has 0 aliphatic carbocycles. The lowest BCUT2D eigenvalue weighted by molar-refractivity contribution is 0.0135. The Hall–Kier alpha value is -1.03. The Morgan fingerprint density at radius 3 is 2.57 bits per heavy atom. The second kappa shape index (κ2) is 5.00. The Labute approximate surface area is 84.8 Å². The van der Waals surface area contributed by atoms with E-state index < -0.39 is 0 Å². The summed E-state index contributed by atoms with van der Waals surface area (Å²) in [5.74, 6) is 0.767. The number of hydrogen-bond donors (Lipinski definition) is 1. The van der Waals surface area contributed by atoms with Gasteiger partial charge in [-0.15, -0.1) is 0 Å². The van der Waals surface area contributed by atoms with Crippen molar-refractivity contribution in [1.82, 2.24) is 0 Å². The number of hydrogen-bond acceptors (Lipinski definition) is 4. The SMILES string of the molecule is CO/C(N)=C(/C=NC1COC1)C(C)C. The summed E-state index contributed by atoms with van der Waals surface area (Å²) in [6, 6.07) is 0.299. The van der Waals surface area contributed by atoms with Gasteiger partial charge >= 0.3 is 0 Å². The van der Waals surface area contributed by atoms with Crippen LogP contribution in [0.1, 0.15) is 13.8 Å². The normalized spacial score (nSPS) is 19.7. The first-order valence-electron chi connectivity index (χ1n) is 4.79. The molecule has 1 fully saturated rings. The monoisotopic (exact) mass is 198 g/mol. The van der Waals surface area contributed by atoms with Crippen molar-refractivity contribution in [3.63, 3.8) is 0 Å². The molecule has 4 heteroatoms. The van der Waals surface area contributed by atoms with Gasteiger partial charge in [0, 0.05) is 11.8 Å². The molecule has 0 atom stereocenters. The maximum atomic E-state index is 5.70. The van der Waals surface area contributed by atoms with Crippen LogP contribution in [0, 0.1) is 5.92 Å². The topological polar surface area (TPSA) is 56.8 Å². The van der Waals surface area contributed by atoms with E-state index in [1.807, 2.05) is 0 Å². The summed E-state index contributed by atoms with van der Waals surface area (Å²) < 4.78 is 10.0. The molecule has 0 aromatic rings. The van der Waals surface area contributed by atoms with E-state index in [2.05, 4.69) is 18.8 Å². The lowest BCUT2D eigenvalue weighted by atomic mass is 10.1. The van der Waals surface area contributed by atoms with Crippen LogP contribution in [-0.2, 0) is 9.47 Å². The molecule has 1 saturated heterocycles. The second-order valence-corrected chi connectivity index (χ2v) is 3.65. The highest BCUT2D eigenvalue weighted by Gasteiger charge is 2.16. The highest BCUT2D eigenvalue weighted by molar-refractivity contribution is 5.79. The summed E-state index contributed by atoms with van der Waals surface area (Å²) in [6.45, 7) is 5.55. The van der Waals surface area contributed by atoms with Crippen molar-refractivity contribution in [3.8, 4) is 0 Å². The Balaban J connectivity index is 2.63. The van der Waals surface area contributed by atoms with Gasteiger partial charge < -0.3 is 15.2 Å². The van der Waals surface area contributed by atoms with Gasteiger partial charge in [0.2, 0.25) is 0 Å². The first-order chi connectivity index (χ1) is 6.65. The minimum absolute atomic E-state index is 0.299. The van der Waals surface area contributed by atoms with Gasteiger partial charge in [0.1, 0.15) is 0 Å². The first kappa shape index (κ1) is 11.0. The lowest BCUT2D eigenvalue weighted by Gasteiger charge is -2.22. The first-order valence-corrected chi connectivity index (χ1v) is 4.79. The van der Waals surface area contributed by atoms with Crippen LogP contribution < -0.4 is 5.73 Å². The van der Waals surface area contributed by atoms with Crippen LogP contribution in [0.4, 0.5) is 0 Å². The highest BCUT2D eigenvalue weighted by Crippen LogP contribution is 2.12. The standard InChI is InChI=1S/C10H18N2O2/c1-7(2)9(10(11)13-3)4-12-8-5-14-6-8/h4,7-8H,5-6,11H2,1-3H3/b10-9-,12-4?. The molecule has 0 aromatic heterocycles. The number of nitrogens with zero attached hydrogens (tertiary/aromatic N) is 1. The molecule has 0 amide bonds. The molecule has 0 aromatic carbocycles. The number of ether oxygens (including phenoxy) is 2. The Bertz CT molecular complexity index is 243. The van der Waals surface area contributed by atoms with E-state index in [4.69, 9.17) is 15.2 Å². The third-order valence-corrected chi connectivity index (χ3v) is 2.17. The van der Waals surface area contributed by atoms with Crippen LogP contribution in [-0.4, -0.2) is 32.6 Å². The predicted molar refractivity (Wildman–Crippen MR) is 56.2 cm³/mol. The molecule has 14 heavy (non-hydrogen) atoms. The van der Waals surface area contributed by atoms with Crippen molar-refractivity contribution in [3.05, 3.63) is 11.5 Å². The largest absolute Gasteiger partial charge is 0.482 e. The van der Waals surface area contributed by atoms with Crippen molar-refractivity contribution < 1.29 is 9.47 Å². The molecular formula is C10H18N2O2. The van der Waals surface area contributed by atoms with E-state index in [0.29, 0.717) is 17.8 Å². The summed E-state index contributed by atoms with van der Waals surface area (Å²) in [7, 11) is 1.57. The zero-order valence-electron chi connectivity index (χ0n) is 8.99. The van der Waals surface area contributed by atoms with Gasteiger partial charge in [-0.3, -0.25) is 4.99 Å². The molecule has 80 valence electrons. The van der Waals surface area contributed by atoms with Gasteiger partial charge in [0.05, 0.1) is 26.4 Å². The van der Waals surface area contributed by atoms with Gasteiger partial charge in [-0.25, -0.2) is 0 Å². The summed E-state index contributed by atoms with van der Waals surface area (Å²) in [5.41, 5.74) is 6.64. The maximum Gasteiger partial charge on any atom is 0.188 e. The van der Waals surface area contributed by atoms with Crippen LogP contribution >= 0.6 is 0 Å². The van der Waals surface area contributed by atoms with Crippen molar-refractivity contribution in [2.75, 3.05) is 20.3 Å². The fourth-order valence-corrected chi connectivity index (χ4v) is 1.11. The summed E-state index contributed by atoms with van der Waals surface area (Å²) in [6.07, 6.45) is 1.80. The van der Waals surface area contributed by atoms with Crippen LogP contribution in [0.2, 0.25) is 0 Å². The molecule has 0 spiro atoms. The van der Waals surface area contributed by atoms with Crippen LogP contribution in [0.25, 0.3) is 0 Å². The Kier molecular flexibility index (Phi) is 3.95. The summed E-state index contributed by atoms with van der Waals surface area (Å²) in [4.78, 5) is 4.35. The number of nitrogens with two attached hydrogens (primary N) is 1. The molecule has 4 nitrogen and oxygen atoms in total. The third kappa shape index (κ3) is 2.73. The minimum atomic E-state index is 0.299. The Morgan fingerprint density at radius 2 is 2.21 bits per heavy atom. The van der Waals surface area contributed by atoms with Crippen molar-refractivity contribution in [1.29, 1.82) is 0 Å². The number of methoxy groups -OCH3 is 1. The van der Waals surface area contributed by atoms with E-state index in [1.165, 1.54) is 0 Å². The lowest BCUT2D eigenvalue weighted by Crippen LogP contribution is -2.31. The second-order valence-electron chi connectivity index (χ2n) is 3.65. The van der Waals surface area contributed by atoms with Crippen molar-refractivity contribution in [2.45, 2.75) is 19.9 Å². The van der Waals surface area contributed by atoms with Crippen LogP contribution in [0.3, 0.4) is 0 Å². The van der Waals surface area contributed by atoms with E-state index in [1.54, 1.807) is 13.3 Å². The fourth-order valence-electron chi connectivity index (χ4n) is 1.11. The van der Waals surface area contributed by atoms with Gasteiger partial charge in [-0.2, -0.15) is 0 Å². The molecular weight excluding hydrogens is 180 g/mol. The van der Waals surface area contributed by atoms with Gasteiger partial charge in [-0.1, -0.05) is 13.8 Å². The highest BCUT2D eigenvalue weighted by atomic mass is 16.5. The Morgan fingerprint density at radius 1 is 1.57 bits per heavy atom. The quantitative estimate of drug-likeness (QED) is 0.540. The van der Waals surface area contributed by atoms with E-state index >= 15 is 0 Å². The predicted octanol–water partition coefficient (Wildman–Crippen LogP) is 0.929. The molecule has 1 aliphatic heterocycles. The number of aliphatic imine (C=N–C) groups is 1. The summed E-state index contributed by atoms with van der Waals surface area (Å²) >= 11 is 0. The van der Waals surface area contributed by atoms with E-state index in [9.17, 15) is 0 Å². The molecule has 0 unspecified atom stereocenters. The average molecular weight is 198 g/mol. The van der Waals surface area contributed by atoms with Crippen molar-refractivity contribution >= 4 is 6.21 Å². The maximum absolute atomic E-state index is 5.70. The smallest absolute Gasteiger partial charge is 0.188 e. The molecule has 1 aliphatic rings. The molecule has 2 N–H and O–H groups in total. The van der Waals surface area contributed by atoms with Gasteiger partial charge in [0.25, 0.3) is 0 Å². The van der Waals surface area contributed by atoms with Crippen LogP contribution in [0.15, 0.2) is 16.4 Å². The van der Waals surface area contributed by atoms with Crippen molar-refractivity contribution in [2.24, 2.45) is 16.6 Å². The fraction of sp³-hybridized carbons (Fsp3) is 0.700. The third-order valence-electron chi connectivity index (χ3n) is 2.17. The van der Waals surface area contributed by atoms with Gasteiger partial charge in [0.15, 0.2) is 5.88 Å². The van der Waals surface area contributed by atoms with E-state index in [-0.39, 0.29) is 0 Å². The van der Waals surface area contributed by atoms with Gasteiger partial charge in [-0.05, 0) is 5.92 Å². The van der Waals surface area contributed by atoms with E-state index in [0.717, 1.165) is 18.8 Å². The zero-order chi connectivity index (χ0) is 10.6.